The van der Waals surface area contributed by atoms with E-state index in [0.29, 0.717) is 23.9 Å². The number of ether oxygens (including phenoxy) is 1. The van der Waals surface area contributed by atoms with E-state index in [4.69, 9.17) is 22.1 Å². The van der Waals surface area contributed by atoms with E-state index in [9.17, 15) is 4.79 Å². The second kappa shape index (κ2) is 6.18. The first-order valence-corrected chi connectivity index (χ1v) is 6.45. The maximum Gasteiger partial charge on any atom is 0.241 e. The summed E-state index contributed by atoms with van der Waals surface area (Å²) in [6.45, 7) is 1.36. The first-order chi connectivity index (χ1) is 8.68. The lowest BCUT2D eigenvalue weighted by Crippen LogP contribution is -2.44. The number of carbonyl (C=O) groups is 1. The molecule has 1 saturated heterocycles. The van der Waals surface area contributed by atoms with E-state index in [1.165, 1.54) is 0 Å². The molecule has 1 aromatic rings. The van der Waals surface area contributed by atoms with Crippen molar-refractivity contribution in [1.82, 2.24) is 0 Å². The predicted octanol–water partition coefficient (Wildman–Crippen LogP) is 2.03. The lowest BCUT2D eigenvalue weighted by atomic mass is 9.92. The number of para-hydroxylation sites is 1. The SMILES string of the molecule is NC(C(=O)Nc1ccccc1Cl)C1CCOCC1. The van der Waals surface area contributed by atoms with E-state index in [2.05, 4.69) is 5.32 Å². The third-order valence-corrected chi connectivity index (χ3v) is 3.54. The second-order valence-corrected chi connectivity index (χ2v) is 4.85. The van der Waals surface area contributed by atoms with Gasteiger partial charge in [0, 0.05) is 13.2 Å². The van der Waals surface area contributed by atoms with E-state index < -0.39 is 6.04 Å². The smallest absolute Gasteiger partial charge is 0.241 e. The van der Waals surface area contributed by atoms with Crippen molar-refractivity contribution in [2.45, 2.75) is 18.9 Å². The number of carbonyl (C=O) groups excluding carboxylic acids is 1. The Morgan fingerprint density at radius 1 is 1.39 bits per heavy atom. The van der Waals surface area contributed by atoms with Gasteiger partial charge in [-0.2, -0.15) is 0 Å². The van der Waals surface area contributed by atoms with Crippen LogP contribution in [-0.2, 0) is 9.53 Å². The fourth-order valence-corrected chi connectivity index (χ4v) is 2.25. The monoisotopic (exact) mass is 268 g/mol. The van der Waals surface area contributed by atoms with E-state index in [-0.39, 0.29) is 11.8 Å². The molecule has 1 aliphatic rings. The molecule has 1 unspecified atom stereocenters. The fraction of sp³-hybridized carbons (Fsp3) is 0.462. The molecule has 18 heavy (non-hydrogen) atoms. The maximum absolute atomic E-state index is 12.0. The summed E-state index contributed by atoms with van der Waals surface area (Å²) in [5.41, 5.74) is 6.58. The van der Waals surface area contributed by atoms with Crippen LogP contribution in [0.2, 0.25) is 5.02 Å². The van der Waals surface area contributed by atoms with Gasteiger partial charge in [0.25, 0.3) is 0 Å². The van der Waals surface area contributed by atoms with Gasteiger partial charge in [-0.25, -0.2) is 0 Å². The van der Waals surface area contributed by atoms with Crippen LogP contribution in [0, 0.1) is 5.92 Å². The normalized spacial score (nSPS) is 18.3. The molecule has 1 fully saturated rings. The Kier molecular flexibility index (Phi) is 4.58. The molecule has 3 N–H and O–H groups in total. The van der Waals surface area contributed by atoms with Crippen molar-refractivity contribution in [3.8, 4) is 0 Å². The summed E-state index contributed by atoms with van der Waals surface area (Å²) in [6.07, 6.45) is 1.66. The predicted molar refractivity (Wildman–Crippen MR) is 71.6 cm³/mol. The van der Waals surface area contributed by atoms with Crippen LogP contribution >= 0.6 is 11.6 Å². The van der Waals surface area contributed by atoms with Gasteiger partial charge in [-0.15, -0.1) is 0 Å². The van der Waals surface area contributed by atoms with Crippen LogP contribution in [0.3, 0.4) is 0 Å². The third kappa shape index (κ3) is 3.22. The molecule has 1 heterocycles. The van der Waals surface area contributed by atoms with E-state index >= 15 is 0 Å². The summed E-state index contributed by atoms with van der Waals surface area (Å²) in [5.74, 6) is -0.00348. The first kappa shape index (κ1) is 13.3. The molecule has 98 valence electrons. The maximum atomic E-state index is 12.0. The molecule has 0 spiro atoms. The number of anilines is 1. The quantitative estimate of drug-likeness (QED) is 0.882. The number of halogens is 1. The largest absolute Gasteiger partial charge is 0.381 e. The number of hydrogen-bond donors (Lipinski definition) is 2. The van der Waals surface area contributed by atoms with Crippen LogP contribution in [0.15, 0.2) is 24.3 Å². The van der Waals surface area contributed by atoms with Gasteiger partial charge in [0.05, 0.1) is 16.8 Å². The highest BCUT2D eigenvalue weighted by atomic mass is 35.5. The highest BCUT2D eigenvalue weighted by Gasteiger charge is 2.26. The minimum absolute atomic E-state index is 0.182. The Bertz CT molecular complexity index is 419. The van der Waals surface area contributed by atoms with E-state index in [1.807, 2.05) is 12.1 Å². The Morgan fingerprint density at radius 2 is 2.06 bits per heavy atom. The summed E-state index contributed by atoms with van der Waals surface area (Å²) < 4.78 is 5.26. The Hall–Kier alpha value is -1.10. The molecule has 2 rings (SSSR count). The Labute approximate surface area is 111 Å². The molecular formula is C13H17ClN2O2. The van der Waals surface area contributed by atoms with Crippen LogP contribution in [0.1, 0.15) is 12.8 Å². The van der Waals surface area contributed by atoms with Gasteiger partial charge in [-0.05, 0) is 30.9 Å². The summed E-state index contributed by atoms with van der Waals surface area (Å²) in [4.78, 5) is 12.0. The zero-order valence-electron chi connectivity index (χ0n) is 10.1. The van der Waals surface area contributed by atoms with Crippen molar-refractivity contribution in [3.05, 3.63) is 29.3 Å². The molecule has 1 aliphatic heterocycles. The van der Waals surface area contributed by atoms with E-state index in [1.54, 1.807) is 12.1 Å². The zero-order valence-corrected chi connectivity index (χ0v) is 10.8. The molecule has 1 atom stereocenters. The van der Waals surface area contributed by atoms with Crippen molar-refractivity contribution in [2.75, 3.05) is 18.5 Å². The Morgan fingerprint density at radius 3 is 2.72 bits per heavy atom. The third-order valence-electron chi connectivity index (χ3n) is 3.21. The molecule has 1 amide bonds. The van der Waals surface area contributed by atoms with Gasteiger partial charge in [0.15, 0.2) is 0 Å². The standard InChI is InChI=1S/C13H17ClN2O2/c14-10-3-1-2-4-11(10)16-13(17)12(15)9-5-7-18-8-6-9/h1-4,9,12H,5-8,15H2,(H,16,17). The van der Waals surface area contributed by atoms with Crippen molar-refractivity contribution in [1.29, 1.82) is 0 Å². The van der Waals surface area contributed by atoms with Gasteiger partial charge in [-0.1, -0.05) is 23.7 Å². The lowest BCUT2D eigenvalue weighted by molar-refractivity contribution is -0.119. The topological polar surface area (TPSA) is 64.4 Å². The summed E-state index contributed by atoms with van der Waals surface area (Å²) in [5, 5.41) is 3.29. The number of rotatable bonds is 3. The fourth-order valence-electron chi connectivity index (χ4n) is 2.07. The average Bonchev–Trinajstić information content (AvgIpc) is 2.41. The number of nitrogens with one attached hydrogen (secondary N) is 1. The minimum Gasteiger partial charge on any atom is -0.381 e. The molecule has 0 radical (unpaired) electrons. The van der Waals surface area contributed by atoms with Gasteiger partial charge in [0.1, 0.15) is 0 Å². The van der Waals surface area contributed by atoms with Crippen molar-refractivity contribution >= 4 is 23.2 Å². The summed E-state index contributed by atoms with van der Waals surface area (Å²) in [7, 11) is 0. The second-order valence-electron chi connectivity index (χ2n) is 4.44. The van der Waals surface area contributed by atoms with Crippen LogP contribution in [-0.4, -0.2) is 25.2 Å². The van der Waals surface area contributed by atoms with Crippen LogP contribution in [0.5, 0.6) is 0 Å². The van der Waals surface area contributed by atoms with Crippen molar-refractivity contribution in [2.24, 2.45) is 11.7 Å². The molecule has 0 aliphatic carbocycles. The van der Waals surface area contributed by atoms with Crippen molar-refractivity contribution in [3.63, 3.8) is 0 Å². The molecule has 4 nitrogen and oxygen atoms in total. The lowest BCUT2D eigenvalue weighted by Gasteiger charge is -2.26. The Balaban J connectivity index is 1.97. The summed E-state index contributed by atoms with van der Waals surface area (Å²) >= 11 is 5.98. The molecule has 0 bridgehead atoms. The molecule has 5 heteroatoms. The van der Waals surface area contributed by atoms with Gasteiger partial charge >= 0.3 is 0 Å². The van der Waals surface area contributed by atoms with Crippen molar-refractivity contribution < 1.29 is 9.53 Å². The number of amides is 1. The van der Waals surface area contributed by atoms with Gasteiger partial charge in [0.2, 0.25) is 5.91 Å². The van der Waals surface area contributed by atoms with Gasteiger partial charge in [-0.3, -0.25) is 4.79 Å². The average molecular weight is 269 g/mol. The van der Waals surface area contributed by atoms with E-state index in [0.717, 1.165) is 12.8 Å². The minimum atomic E-state index is -0.509. The van der Waals surface area contributed by atoms with Crippen LogP contribution < -0.4 is 11.1 Å². The zero-order chi connectivity index (χ0) is 13.0. The molecule has 0 aromatic heterocycles. The summed E-state index contributed by atoms with van der Waals surface area (Å²) in [6, 6.07) is 6.62. The number of benzene rings is 1. The molecule has 0 saturated carbocycles. The first-order valence-electron chi connectivity index (χ1n) is 6.07. The highest BCUT2D eigenvalue weighted by molar-refractivity contribution is 6.33. The number of hydrogen-bond acceptors (Lipinski definition) is 3. The number of nitrogens with two attached hydrogens (primary N) is 1. The molecular weight excluding hydrogens is 252 g/mol. The molecule has 1 aromatic carbocycles. The highest BCUT2D eigenvalue weighted by Crippen LogP contribution is 2.22. The van der Waals surface area contributed by atoms with Crippen LogP contribution in [0.4, 0.5) is 5.69 Å². The van der Waals surface area contributed by atoms with Gasteiger partial charge < -0.3 is 15.8 Å². The van der Waals surface area contributed by atoms with Crippen LogP contribution in [0.25, 0.3) is 0 Å².